The van der Waals surface area contributed by atoms with Crippen molar-refractivity contribution in [2.75, 3.05) is 0 Å². The van der Waals surface area contributed by atoms with Crippen molar-refractivity contribution < 1.29 is 8.78 Å². The van der Waals surface area contributed by atoms with Gasteiger partial charge in [0.2, 0.25) is 0 Å². The molecule has 0 amide bonds. The van der Waals surface area contributed by atoms with Crippen LogP contribution < -0.4 is 0 Å². The topological polar surface area (TPSA) is 12.9 Å². The molecular weight excluding hydrogens is 344 g/mol. The van der Waals surface area contributed by atoms with Crippen molar-refractivity contribution in [3.8, 4) is 10.6 Å². The van der Waals surface area contributed by atoms with Gasteiger partial charge in [-0.1, -0.05) is 29.8 Å². The molecule has 0 aliphatic carbocycles. The number of hydrogen-bond acceptors (Lipinski definition) is 3. The first-order chi connectivity index (χ1) is 10.6. The lowest BCUT2D eigenvalue weighted by Crippen LogP contribution is -1.89. The molecule has 0 N–H and O–H groups in total. The molecule has 0 radical (unpaired) electrons. The largest absolute Gasteiger partial charge is 0.240 e. The third-order valence-electron chi connectivity index (χ3n) is 2.94. The molecule has 1 heterocycles. The van der Waals surface area contributed by atoms with Crippen molar-refractivity contribution in [1.29, 1.82) is 0 Å². The number of nitrogens with zero attached hydrogens (tertiary/aromatic N) is 1. The maximum absolute atomic E-state index is 13.8. The number of halogens is 3. The maximum Gasteiger partial charge on any atom is 0.136 e. The summed E-state index contributed by atoms with van der Waals surface area (Å²) in [6, 6.07) is 11.3. The second-order valence-electron chi connectivity index (χ2n) is 4.46. The van der Waals surface area contributed by atoms with Crippen LogP contribution in [0, 0.1) is 11.6 Å². The van der Waals surface area contributed by atoms with Gasteiger partial charge in [-0.3, -0.25) is 0 Å². The van der Waals surface area contributed by atoms with Crippen LogP contribution in [-0.4, -0.2) is 4.98 Å². The Morgan fingerprint density at radius 1 is 1.05 bits per heavy atom. The first-order valence-corrected chi connectivity index (χ1v) is 8.65. The zero-order valence-corrected chi connectivity index (χ0v) is 13.6. The minimum Gasteiger partial charge on any atom is -0.240 e. The normalized spacial score (nSPS) is 10.9. The Morgan fingerprint density at radius 3 is 2.50 bits per heavy atom. The summed E-state index contributed by atoms with van der Waals surface area (Å²) in [6.07, 6.45) is 0. The van der Waals surface area contributed by atoms with Gasteiger partial charge in [0.05, 0.1) is 16.3 Å². The number of thioether (sulfide) groups is 1. The molecule has 0 spiro atoms. The molecule has 0 saturated heterocycles. The second kappa shape index (κ2) is 6.77. The predicted octanol–water partition coefficient (Wildman–Crippen LogP) is 6.03. The smallest absolute Gasteiger partial charge is 0.136 e. The third-order valence-corrected chi connectivity index (χ3v) is 5.40. The van der Waals surface area contributed by atoms with E-state index in [2.05, 4.69) is 4.98 Å². The van der Waals surface area contributed by atoms with E-state index in [-0.39, 0.29) is 5.56 Å². The van der Waals surface area contributed by atoms with E-state index in [1.807, 2.05) is 29.6 Å². The molecule has 0 bridgehead atoms. The van der Waals surface area contributed by atoms with E-state index in [0.717, 1.165) is 10.6 Å². The summed E-state index contributed by atoms with van der Waals surface area (Å²) < 4.78 is 27.5. The molecule has 0 aliphatic rings. The molecule has 1 aromatic heterocycles. The Bertz CT molecular complexity index is 784. The number of benzene rings is 2. The van der Waals surface area contributed by atoms with Gasteiger partial charge in [-0.2, -0.15) is 0 Å². The molecule has 22 heavy (non-hydrogen) atoms. The van der Waals surface area contributed by atoms with E-state index >= 15 is 0 Å². The van der Waals surface area contributed by atoms with Gasteiger partial charge in [0, 0.05) is 16.0 Å². The van der Waals surface area contributed by atoms with Crippen LogP contribution in [0.4, 0.5) is 8.78 Å². The minimum absolute atomic E-state index is 0.0681. The highest BCUT2D eigenvalue weighted by Gasteiger charge is 2.14. The fourth-order valence-corrected chi connectivity index (χ4v) is 4.01. The van der Waals surface area contributed by atoms with E-state index < -0.39 is 11.6 Å². The fraction of sp³-hybridized carbons (Fsp3) is 0.0625. The van der Waals surface area contributed by atoms with Crippen molar-refractivity contribution in [2.45, 2.75) is 10.6 Å². The predicted molar refractivity (Wildman–Crippen MR) is 88.5 cm³/mol. The van der Waals surface area contributed by atoms with Crippen LogP contribution in [-0.2, 0) is 5.75 Å². The van der Waals surface area contributed by atoms with Crippen molar-refractivity contribution in [3.05, 3.63) is 70.2 Å². The standard InChI is InChI=1S/C16H10ClF2NS2/c17-11-4-1-2-7-14(11)21-8-10-9-22-16(20-10)15-12(18)5-3-6-13(15)19/h1-7,9H,8H2. The van der Waals surface area contributed by atoms with Gasteiger partial charge >= 0.3 is 0 Å². The lowest BCUT2D eigenvalue weighted by atomic mass is 10.2. The quantitative estimate of drug-likeness (QED) is 0.531. The van der Waals surface area contributed by atoms with Crippen LogP contribution >= 0.6 is 34.7 Å². The molecule has 0 atom stereocenters. The van der Waals surface area contributed by atoms with Gasteiger partial charge in [-0.25, -0.2) is 13.8 Å². The number of hydrogen-bond donors (Lipinski definition) is 0. The summed E-state index contributed by atoms with van der Waals surface area (Å²) in [5.41, 5.74) is 0.703. The van der Waals surface area contributed by atoms with Crippen LogP contribution in [0.25, 0.3) is 10.6 Å². The highest BCUT2D eigenvalue weighted by atomic mass is 35.5. The molecule has 0 aliphatic heterocycles. The van der Waals surface area contributed by atoms with Gasteiger partial charge in [0.15, 0.2) is 0 Å². The zero-order chi connectivity index (χ0) is 15.5. The summed E-state index contributed by atoms with van der Waals surface area (Å²) in [5, 5.41) is 2.85. The van der Waals surface area contributed by atoms with Crippen molar-refractivity contribution >= 4 is 34.7 Å². The first-order valence-electron chi connectivity index (χ1n) is 6.41. The molecule has 0 unspecified atom stereocenters. The van der Waals surface area contributed by atoms with Crippen LogP contribution in [0.3, 0.4) is 0 Å². The first kappa shape index (κ1) is 15.5. The van der Waals surface area contributed by atoms with Crippen molar-refractivity contribution in [1.82, 2.24) is 4.98 Å². The van der Waals surface area contributed by atoms with Gasteiger partial charge in [0.25, 0.3) is 0 Å². The van der Waals surface area contributed by atoms with E-state index in [9.17, 15) is 8.78 Å². The van der Waals surface area contributed by atoms with E-state index in [0.29, 0.717) is 15.8 Å². The lowest BCUT2D eigenvalue weighted by molar-refractivity contribution is 0.589. The Hall–Kier alpha value is -1.43. The number of aromatic nitrogens is 1. The highest BCUT2D eigenvalue weighted by Crippen LogP contribution is 2.33. The molecule has 0 fully saturated rings. The summed E-state index contributed by atoms with van der Waals surface area (Å²) in [6.45, 7) is 0. The second-order valence-corrected chi connectivity index (χ2v) is 6.74. The molecular formula is C16H10ClF2NS2. The Morgan fingerprint density at radius 2 is 1.77 bits per heavy atom. The average molecular weight is 354 g/mol. The summed E-state index contributed by atoms with van der Waals surface area (Å²) >= 11 is 8.87. The summed E-state index contributed by atoms with van der Waals surface area (Å²) in [4.78, 5) is 5.28. The third kappa shape index (κ3) is 3.32. The average Bonchev–Trinajstić information content (AvgIpc) is 2.95. The van der Waals surface area contributed by atoms with Crippen LogP contribution in [0.1, 0.15) is 5.69 Å². The van der Waals surface area contributed by atoms with Crippen LogP contribution in [0.15, 0.2) is 52.7 Å². The van der Waals surface area contributed by atoms with Gasteiger partial charge in [-0.05, 0) is 24.3 Å². The fourth-order valence-electron chi connectivity index (χ4n) is 1.90. The molecule has 1 nitrogen and oxygen atoms in total. The van der Waals surface area contributed by atoms with E-state index in [4.69, 9.17) is 11.6 Å². The van der Waals surface area contributed by atoms with Gasteiger partial charge in [-0.15, -0.1) is 23.1 Å². The van der Waals surface area contributed by atoms with E-state index in [1.165, 1.54) is 29.5 Å². The Balaban J connectivity index is 1.79. The lowest BCUT2D eigenvalue weighted by Gasteiger charge is -2.02. The van der Waals surface area contributed by atoms with Crippen molar-refractivity contribution in [2.24, 2.45) is 0 Å². The number of rotatable bonds is 4. The number of thiazole rings is 1. The van der Waals surface area contributed by atoms with Crippen LogP contribution in [0.5, 0.6) is 0 Å². The SMILES string of the molecule is Fc1cccc(F)c1-c1nc(CSc2ccccc2Cl)cs1. The zero-order valence-electron chi connectivity index (χ0n) is 11.2. The summed E-state index contributed by atoms with van der Waals surface area (Å²) in [5.74, 6) is -0.602. The Kier molecular flexibility index (Phi) is 4.76. The Labute approximate surface area is 140 Å². The van der Waals surface area contributed by atoms with Crippen LogP contribution in [0.2, 0.25) is 5.02 Å². The molecule has 112 valence electrons. The molecule has 3 aromatic rings. The summed E-state index contributed by atoms with van der Waals surface area (Å²) in [7, 11) is 0. The molecule has 2 aromatic carbocycles. The molecule has 3 rings (SSSR count). The van der Waals surface area contributed by atoms with Gasteiger partial charge in [0.1, 0.15) is 16.6 Å². The molecule has 6 heteroatoms. The molecule has 0 saturated carbocycles. The maximum atomic E-state index is 13.8. The monoisotopic (exact) mass is 353 g/mol. The highest BCUT2D eigenvalue weighted by molar-refractivity contribution is 7.98. The minimum atomic E-state index is -0.598. The van der Waals surface area contributed by atoms with E-state index in [1.54, 1.807) is 11.8 Å². The van der Waals surface area contributed by atoms with Crippen molar-refractivity contribution in [3.63, 3.8) is 0 Å². The van der Waals surface area contributed by atoms with Gasteiger partial charge < -0.3 is 0 Å².